The summed E-state index contributed by atoms with van der Waals surface area (Å²) < 4.78 is 2.56. The van der Waals surface area contributed by atoms with Gasteiger partial charge in [0.15, 0.2) is 5.82 Å². The summed E-state index contributed by atoms with van der Waals surface area (Å²) in [6, 6.07) is 5.81. The molecule has 1 unspecified atom stereocenters. The van der Waals surface area contributed by atoms with E-state index < -0.39 is 11.4 Å². The summed E-state index contributed by atoms with van der Waals surface area (Å²) in [5.41, 5.74) is 1.04. The first kappa shape index (κ1) is 15.6. The van der Waals surface area contributed by atoms with E-state index in [2.05, 4.69) is 31.5 Å². The van der Waals surface area contributed by atoms with Crippen molar-refractivity contribution in [3.8, 4) is 11.4 Å². The Morgan fingerprint density at radius 2 is 2.19 bits per heavy atom. The molecule has 0 amide bonds. The van der Waals surface area contributed by atoms with Crippen LogP contribution in [0.4, 0.5) is 0 Å². The molecule has 1 atom stereocenters. The van der Waals surface area contributed by atoms with E-state index in [-0.39, 0.29) is 6.54 Å². The van der Waals surface area contributed by atoms with E-state index in [1.165, 1.54) is 0 Å². The van der Waals surface area contributed by atoms with Gasteiger partial charge in [0.05, 0.1) is 12.0 Å². The Labute approximate surface area is 131 Å². The van der Waals surface area contributed by atoms with Gasteiger partial charge in [0.1, 0.15) is 0 Å². The van der Waals surface area contributed by atoms with Gasteiger partial charge >= 0.3 is 5.97 Å². The van der Waals surface area contributed by atoms with Gasteiger partial charge in [-0.25, -0.2) is 4.68 Å². The number of halogens is 1. The van der Waals surface area contributed by atoms with E-state index >= 15 is 0 Å². The minimum atomic E-state index is -0.894. The summed E-state index contributed by atoms with van der Waals surface area (Å²) in [5.74, 6) is -0.273. The largest absolute Gasteiger partial charge is 0.481 e. The third kappa shape index (κ3) is 3.12. The average molecular weight is 353 g/mol. The zero-order valence-electron chi connectivity index (χ0n) is 12.2. The molecule has 0 saturated heterocycles. The second-order valence-electron chi connectivity index (χ2n) is 5.34. The third-order valence-corrected chi connectivity index (χ3v) is 4.63. The highest BCUT2D eigenvalue weighted by molar-refractivity contribution is 9.10. The van der Waals surface area contributed by atoms with Gasteiger partial charge in [-0.15, -0.1) is 5.10 Å². The van der Waals surface area contributed by atoms with Crippen molar-refractivity contribution in [1.29, 1.82) is 0 Å². The standard InChI is InChI=1S/C14H17BrN4O2/c1-4-14(3,13(20)21)8-19-12(16-17-18-19)10-5-6-11(15)9(2)7-10/h5-7H,4,8H2,1-3H3,(H,20,21). The topological polar surface area (TPSA) is 80.9 Å². The number of aryl methyl sites for hydroxylation is 1. The van der Waals surface area contributed by atoms with Crippen LogP contribution in [0.3, 0.4) is 0 Å². The van der Waals surface area contributed by atoms with Gasteiger partial charge in [0.2, 0.25) is 0 Å². The number of carboxylic acid groups (broad SMARTS) is 1. The Bertz CT molecular complexity index is 671. The first-order valence-corrected chi connectivity index (χ1v) is 7.43. The van der Waals surface area contributed by atoms with Crippen LogP contribution in [0.1, 0.15) is 25.8 Å². The number of tetrazole rings is 1. The van der Waals surface area contributed by atoms with E-state index in [1.54, 1.807) is 11.6 Å². The monoisotopic (exact) mass is 352 g/mol. The summed E-state index contributed by atoms with van der Waals surface area (Å²) in [4.78, 5) is 11.4. The van der Waals surface area contributed by atoms with Crippen molar-refractivity contribution in [2.75, 3.05) is 0 Å². The first-order chi connectivity index (χ1) is 9.87. The van der Waals surface area contributed by atoms with E-state index in [0.717, 1.165) is 15.6 Å². The van der Waals surface area contributed by atoms with Gasteiger partial charge in [-0.2, -0.15) is 0 Å². The molecule has 21 heavy (non-hydrogen) atoms. The molecule has 0 fully saturated rings. The van der Waals surface area contributed by atoms with Crippen molar-refractivity contribution in [3.63, 3.8) is 0 Å². The van der Waals surface area contributed by atoms with E-state index in [9.17, 15) is 9.90 Å². The number of nitrogens with zero attached hydrogens (tertiary/aromatic N) is 4. The Balaban J connectivity index is 2.39. The molecule has 1 heterocycles. The lowest BCUT2D eigenvalue weighted by Gasteiger charge is -2.22. The van der Waals surface area contributed by atoms with Crippen LogP contribution in [0.25, 0.3) is 11.4 Å². The zero-order chi connectivity index (χ0) is 15.6. The Morgan fingerprint density at radius 1 is 1.48 bits per heavy atom. The van der Waals surface area contributed by atoms with Crippen LogP contribution in [0.2, 0.25) is 0 Å². The molecule has 0 radical (unpaired) electrons. The van der Waals surface area contributed by atoms with Crippen LogP contribution in [0.15, 0.2) is 22.7 Å². The molecule has 0 aliphatic carbocycles. The predicted molar refractivity (Wildman–Crippen MR) is 81.7 cm³/mol. The fourth-order valence-electron chi connectivity index (χ4n) is 1.96. The van der Waals surface area contributed by atoms with Crippen molar-refractivity contribution in [1.82, 2.24) is 20.2 Å². The summed E-state index contributed by atoms with van der Waals surface area (Å²) in [5, 5.41) is 21.0. The number of aromatic nitrogens is 4. The number of hydrogen-bond donors (Lipinski definition) is 1. The molecular weight excluding hydrogens is 336 g/mol. The molecule has 0 aliphatic rings. The van der Waals surface area contributed by atoms with Crippen molar-refractivity contribution < 1.29 is 9.90 Å². The van der Waals surface area contributed by atoms with Crippen LogP contribution in [-0.2, 0) is 11.3 Å². The van der Waals surface area contributed by atoms with Gasteiger partial charge in [0, 0.05) is 10.0 Å². The normalized spacial score (nSPS) is 13.9. The highest BCUT2D eigenvalue weighted by Gasteiger charge is 2.33. The van der Waals surface area contributed by atoms with Gasteiger partial charge in [0.25, 0.3) is 0 Å². The number of rotatable bonds is 5. The first-order valence-electron chi connectivity index (χ1n) is 6.63. The fourth-order valence-corrected chi connectivity index (χ4v) is 2.21. The van der Waals surface area contributed by atoms with E-state index in [4.69, 9.17) is 0 Å². The van der Waals surface area contributed by atoms with Crippen LogP contribution in [-0.4, -0.2) is 31.3 Å². The summed E-state index contributed by atoms with van der Waals surface area (Å²) in [7, 11) is 0. The second-order valence-corrected chi connectivity index (χ2v) is 6.20. The third-order valence-electron chi connectivity index (χ3n) is 3.74. The lowest BCUT2D eigenvalue weighted by molar-refractivity contribution is -0.149. The molecule has 6 nitrogen and oxygen atoms in total. The van der Waals surface area contributed by atoms with Gasteiger partial charge in [-0.05, 0) is 54.5 Å². The van der Waals surface area contributed by atoms with Crippen molar-refractivity contribution >= 4 is 21.9 Å². The van der Waals surface area contributed by atoms with Crippen molar-refractivity contribution in [2.45, 2.75) is 33.7 Å². The molecule has 0 saturated carbocycles. The number of carbonyl (C=O) groups is 1. The van der Waals surface area contributed by atoms with Crippen LogP contribution in [0, 0.1) is 12.3 Å². The van der Waals surface area contributed by atoms with Gasteiger partial charge < -0.3 is 5.11 Å². The Kier molecular flexibility index (Phi) is 4.41. The van der Waals surface area contributed by atoms with Crippen molar-refractivity contribution in [3.05, 3.63) is 28.2 Å². The number of aliphatic carboxylic acids is 1. The van der Waals surface area contributed by atoms with Gasteiger partial charge in [-0.1, -0.05) is 22.9 Å². The molecule has 2 rings (SSSR count). The lowest BCUT2D eigenvalue weighted by Crippen LogP contribution is -2.32. The minimum absolute atomic E-state index is 0.232. The van der Waals surface area contributed by atoms with Crippen LogP contribution in [0.5, 0.6) is 0 Å². The highest BCUT2D eigenvalue weighted by Crippen LogP contribution is 2.27. The maximum Gasteiger partial charge on any atom is 0.311 e. The Hall–Kier alpha value is -1.76. The summed E-state index contributed by atoms with van der Waals surface area (Å²) in [6.45, 7) is 5.76. The maximum absolute atomic E-state index is 11.4. The zero-order valence-corrected chi connectivity index (χ0v) is 13.8. The number of hydrogen-bond acceptors (Lipinski definition) is 4. The Morgan fingerprint density at radius 3 is 2.76 bits per heavy atom. The quantitative estimate of drug-likeness (QED) is 0.894. The maximum atomic E-state index is 11.4. The molecular formula is C14H17BrN4O2. The molecule has 2 aromatic rings. The van der Waals surface area contributed by atoms with Gasteiger partial charge in [-0.3, -0.25) is 4.79 Å². The summed E-state index contributed by atoms with van der Waals surface area (Å²) >= 11 is 3.45. The molecule has 7 heteroatoms. The molecule has 0 bridgehead atoms. The SMILES string of the molecule is CCC(C)(Cn1nnnc1-c1ccc(Br)c(C)c1)C(=O)O. The molecule has 1 aromatic heterocycles. The molecule has 0 aliphatic heterocycles. The van der Waals surface area contributed by atoms with Crippen molar-refractivity contribution in [2.24, 2.45) is 5.41 Å². The van der Waals surface area contributed by atoms with Crippen LogP contribution < -0.4 is 0 Å². The molecule has 112 valence electrons. The molecule has 0 spiro atoms. The predicted octanol–water partition coefficient (Wildman–Crippen LogP) is 2.91. The minimum Gasteiger partial charge on any atom is -0.481 e. The summed E-state index contributed by atoms with van der Waals surface area (Å²) in [6.07, 6.45) is 0.501. The average Bonchev–Trinajstić information content (AvgIpc) is 2.89. The van der Waals surface area contributed by atoms with E-state index in [0.29, 0.717) is 12.2 Å². The second kappa shape index (κ2) is 5.93. The molecule has 1 aromatic carbocycles. The highest BCUT2D eigenvalue weighted by atomic mass is 79.9. The molecule has 1 N–H and O–H groups in total. The fraction of sp³-hybridized carbons (Fsp3) is 0.429. The number of benzene rings is 1. The smallest absolute Gasteiger partial charge is 0.311 e. The van der Waals surface area contributed by atoms with E-state index in [1.807, 2.05) is 32.0 Å². The van der Waals surface area contributed by atoms with Crippen LogP contribution >= 0.6 is 15.9 Å². The lowest BCUT2D eigenvalue weighted by atomic mass is 9.88. The number of carboxylic acids is 1.